The minimum absolute atomic E-state index is 0.204. The predicted molar refractivity (Wildman–Crippen MR) is 82.6 cm³/mol. The van der Waals surface area contributed by atoms with Crippen LogP contribution in [0, 0.1) is 17.8 Å². The molecule has 0 aliphatic heterocycles. The molecule has 0 saturated heterocycles. The molecule has 7 heteroatoms. The van der Waals surface area contributed by atoms with Gasteiger partial charge >= 0.3 is 18.0 Å². The first-order valence-electron chi connectivity index (χ1n) is 7.82. The van der Waals surface area contributed by atoms with Crippen molar-refractivity contribution in [1.82, 2.24) is 5.32 Å². The number of rotatable bonds is 7. The molecule has 0 spiro atoms. The number of carbonyl (C=O) groups is 3. The fraction of sp³-hybridized carbons (Fsp3) is 0.812. The number of hydrogen-bond donors (Lipinski definition) is 1. The van der Waals surface area contributed by atoms with Crippen molar-refractivity contribution in [3.63, 3.8) is 0 Å². The second-order valence-electron chi connectivity index (χ2n) is 6.74. The number of hydrogen-bond acceptors (Lipinski definition) is 6. The van der Waals surface area contributed by atoms with Gasteiger partial charge in [0.2, 0.25) is 0 Å². The molecule has 0 bridgehead atoms. The Bertz CT molecular complexity index is 422. The Balaban J connectivity index is 2.62. The topological polar surface area (TPSA) is 90.9 Å². The van der Waals surface area contributed by atoms with E-state index in [1.807, 2.05) is 0 Å². The van der Waals surface area contributed by atoms with Gasteiger partial charge in [0.25, 0.3) is 0 Å². The zero-order chi connectivity index (χ0) is 17.6. The van der Waals surface area contributed by atoms with Crippen molar-refractivity contribution in [3.8, 4) is 0 Å². The van der Waals surface area contributed by atoms with E-state index < -0.39 is 29.6 Å². The Kier molecular flexibility index (Phi) is 6.84. The lowest BCUT2D eigenvalue weighted by atomic mass is 9.85. The second-order valence-corrected chi connectivity index (χ2v) is 6.74. The molecule has 1 unspecified atom stereocenters. The molecular formula is C16H27NO6. The molecule has 0 aromatic carbocycles. The van der Waals surface area contributed by atoms with Crippen LogP contribution in [0.4, 0.5) is 4.79 Å². The third kappa shape index (κ3) is 6.46. The summed E-state index contributed by atoms with van der Waals surface area (Å²) in [6.07, 6.45) is 1.89. The van der Waals surface area contributed by atoms with Gasteiger partial charge in [0, 0.05) is 6.54 Å². The van der Waals surface area contributed by atoms with Crippen LogP contribution in [0.25, 0.3) is 0 Å². The lowest BCUT2D eigenvalue weighted by Crippen LogP contribution is -2.38. The first-order chi connectivity index (χ1) is 10.7. The van der Waals surface area contributed by atoms with Gasteiger partial charge in [-0.3, -0.25) is 9.59 Å². The van der Waals surface area contributed by atoms with Crippen LogP contribution in [0.3, 0.4) is 0 Å². The summed E-state index contributed by atoms with van der Waals surface area (Å²) in [5, 5.41) is 2.66. The van der Waals surface area contributed by atoms with Crippen molar-refractivity contribution < 1.29 is 28.6 Å². The van der Waals surface area contributed by atoms with Crippen molar-refractivity contribution in [2.24, 2.45) is 17.8 Å². The standard InChI is InChI=1S/C16H27NO6/c1-16(2,3)23-15(20)17-9-8-11(10-6-7-10)12(13(18)21-4)14(19)22-5/h10-12H,6-9H2,1-5H3,(H,17,20). The normalized spacial score (nSPS) is 15.7. The van der Waals surface area contributed by atoms with Crippen LogP contribution in [-0.2, 0) is 23.8 Å². The molecule has 0 radical (unpaired) electrons. The molecule has 1 amide bonds. The highest BCUT2D eigenvalue weighted by molar-refractivity contribution is 5.95. The van der Waals surface area contributed by atoms with E-state index >= 15 is 0 Å². The SMILES string of the molecule is COC(=O)C(C(=O)OC)C(CCNC(=O)OC(C)(C)C)C1CC1. The number of esters is 2. The zero-order valence-corrected chi connectivity index (χ0v) is 14.5. The van der Waals surface area contributed by atoms with Crippen molar-refractivity contribution in [3.05, 3.63) is 0 Å². The quantitative estimate of drug-likeness (QED) is 0.436. The molecule has 1 N–H and O–H groups in total. The fourth-order valence-electron chi connectivity index (χ4n) is 2.55. The van der Waals surface area contributed by atoms with E-state index in [-0.39, 0.29) is 11.8 Å². The lowest BCUT2D eigenvalue weighted by molar-refractivity contribution is -0.162. The van der Waals surface area contributed by atoms with Crippen LogP contribution >= 0.6 is 0 Å². The summed E-state index contributed by atoms with van der Waals surface area (Å²) in [4.78, 5) is 35.5. The summed E-state index contributed by atoms with van der Waals surface area (Å²) in [5.41, 5.74) is -0.569. The number of alkyl carbamates (subject to hydrolysis) is 1. The first kappa shape index (κ1) is 19.3. The largest absolute Gasteiger partial charge is 0.468 e. The molecule has 1 fully saturated rings. The highest BCUT2D eigenvalue weighted by atomic mass is 16.6. The predicted octanol–water partition coefficient (Wildman–Crippen LogP) is 1.89. The fourth-order valence-corrected chi connectivity index (χ4v) is 2.55. The van der Waals surface area contributed by atoms with Crippen molar-refractivity contribution in [2.75, 3.05) is 20.8 Å². The van der Waals surface area contributed by atoms with Crippen molar-refractivity contribution in [2.45, 2.75) is 45.6 Å². The number of nitrogens with one attached hydrogen (secondary N) is 1. The number of carbonyl (C=O) groups excluding carboxylic acids is 3. The minimum Gasteiger partial charge on any atom is -0.468 e. The Morgan fingerprint density at radius 3 is 2.00 bits per heavy atom. The van der Waals surface area contributed by atoms with Gasteiger partial charge in [0.1, 0.15) is 5.60 Å². The van der Waals surface area contributed by atoms with Crippen LogP contribution in [0.5, 0.6) is 0 Å². The van der Waals surface area contributed by atoms with Crippen LogP contribution < -0.4 is 5.32 Å². The highest BCUT2D eigenvalue weighted by Crippen LogP contribution is 2.43. The molecule has 132 valence electrons. The summed E-state index contributed by atoms with van der Waals surface area (Å²) in [7, 11) is 2.50. The van der Waals surface area contributed by atoms with Crippen molar-refractivity contribution >= 4 is 18.0 Å². The lowest BCUT2D eigenvalue weighted by Gasteiger charge is -2.24. The third-order valence-corrected chi connectivity index (χ3v) is 3.71. The van der Waals surface area contributed by atoms with Gasteiger partial charge in [-0.2, -0.15) is 0 Å². The number of methoxy groups -OCH3 is 2. The van der Waals surface area contributed by atoms with E-state index in [1.165, 1.54) is 14.2 Å². The minimum atomic E-state index is -0.946. The first-order valence-corrected chi connectivity index (χ1v) is 7.82. The summed E-state index contributed by atoms with van der Waals surface area (Å²) < 4.78 is 14.6. The van der Waals surface area contributed by atoms with Crippen molar-refractivity contribution in [1.29, 1.82) is 0 Å². The van der Waals surface area contributed by atoms with Crippen LogP contribution in [0.2, 0.25) is 0 Å². The summed E-state index contributed by atoms with van der Waals surface area (Å²) in [6, 6.07) is 0. The Morgan fingerprint density at radius 1 is 1.09 bits per heavy atom. The Morgan fingerprint density at radius 2 is 1.61 bits per heavy atom. The van der Waals surface area contributed by atoms with Gasteiger partial charge < -0.3 is 19.5 Å². The van der Waals surface area contributed by atoms with Gasteiger partial charge in [-0.25, -0.2) is 4.79 Å². The van der Waals surface area contributed by atoms with Gasteiger partial charge in [-0.05, 0) is 51.9 Å². The zero-order valence-electron chi connectivity index (χ0n) is 14.5. The molecule has 1 saturated carbocycles. The molecular weight excluding hydrogens is 302 g/mol. The molecule has 1 aliphatic rings. The average Bonchev–Trinajstić information content (AvgIpc) is 3.27. The number of ether oxygens (including phenoxy) is 3. The Labute approximate surface area is 137 Å². The molecule has 1 rings (SSSR count). The molecule has 0 aromatic heterocycles. The summed E-state index contributed by atoms with van der Waals surface area (Å²) >= 11 is 0. The molecule has 23 heavy (non-hydrogen) atoms. The molecule has 1 atom stereocenters. The maximum Gasteiger partial charge on any atom is 0.407 e. The maximum atomic E-state index is 11.9. The second kappa shape index (κ2) is 8.17. The van der Waals surface area contributed by atoms with Gasteiger partial charge in [0.05, 0.1) is 14.2 Å². The maximum absolute atomic E-state index is 11.9. The number of amides is 1. The van der Waals surface area contributed by atoms with Gasteiger partial charge in [0.15, 0.2) is 5.92 Å². The summed E-state index contributed by atoms with van der Waals surface area (Å²) in [5.74, 6) is -2.06. The van der Waals surface area contributed by atoms with E-state index in [2.05, 4.69) is 5.32 Å². The monoisotopic (exact) mass is 329 g/mol. The molecule has 0 heterocycles. The molecule has 7 nitrogen and oxygen atoms in total. The van der Waals surface area contributed by atoms with E-state index in [0.717, 1.165) is 12.8 Å². The summed E-state index contributed by atoms with van der Waals surface area (Å²) in [6.45, 7) is 5.67. The third-order valence-electron chi connectivity index (χ3n) is 3.71. The van der Waals surface area contributed by atoms with Gasteiger partial charge in [-0.15, -0.1) is 0 Å². The van der Waals surface area contributed by atoms with E-state index in [9.17, 15) is 14.4 Å². The van der Waals surface area contributed by atoms with E-state index in [1.54, 1.807) is 20.8 Å². The molecule has 0 aromatic rings. The van der Waals surface area contributed by atoms with Crippen LogP contribution in [0.15, 0.2) is 0 Å². The van der Waals surface area contributed by atoms with E-state index in [0.29, 0.717) is 13.0 Å². The van der Waals surface area contributed by atoms with Gasteiger partial charge in [-0.1, -0.05) is 0 Å². The van der Waals surface area contributed by atoms with E-state index in [4.69, 9.17) is 14.2 Å². The average molecular weight is 329 g/mol. The smallest absolute Gasteiger partial charge is 0.407 e. The van der Waals surface area contributed by atoms with Crippen LogP contribution in [-0.4, -0.2) is 44.4 Å². The molecule has 1 aliphatic carbocycles. The van der Waals surface area contributed by atoms with Crippen LogP contribution in [0.1, 0.15) is 40.0 Å². The highest BCUT2D eigenvalue weighted by Gasteiger charge is 2.44. The Hall–Kier alpha value is -1.79.